The summed E-state index contributed by atoms with van der Waals surface area (Å²) in [4.78, 5) is 30.7. The Bertz CT molecular complexity index is 1540. The monoisotopic (exact) mass is 504 g/mol. The highest BCUT2D eigenvalue weighted by Crippen LogP contribution is 2.54. The lowest BCUT2D eigenvalue weighted by Gasteiger charge is -2.36. The molecule has 1 saturated carbocycles. The molecule has 2 aromatic heterocycles. The Morgan fingerprint density at radius 2 is 2.08 bits per heavy atom. The Balaban J connectivity index is 1.52. The van der Waals surface area contributed by atoms with E-state index in [0.717, 1.165) is 5.56 Å². The molecule has 2 fully saturated rings. The molecule has 37 heavy (non-hydrogen) atoms. The number of carbonyl (C=O) groups excluding carboxylic acids is 2. The molecular weight excluding hydrogens is 479 g/mol. The summed E-state index contributed by atoms with van der Waals surface area (Å²) >= 11 is 0. The topological polar surface area (TPSA) is 140 Å². The van der Waals surface area contributed by atoms with E-state index in [1.165, 1.54) is 21.7 Å². The van der Waals surface area contributed by atoms with Gasteiger partial charge in [-0.05, 0) is 42.5 Å². The maximum atomic E-state index is 15.2. The zero-order chi connectivity index (χ0) is 26.2. The number of likely N-dealkylation sites (tertiary alicyclic amines) is 1. The summed E-state index contributed by atoms with van der Waals surface area (Å²) in [6.45, 7) is 0.356. The van der Waals surface area contributed by atoms with Gasteiger partial charge in [-0.15, -0.1) is 0 Å². The Morgan fingerprint density at radius 1 is 1.32 bits per heavy atom. The normalized spacial score (nSPS) is 24.5. The minimum Gasteiger partial charge on any atom is -0.380 e. The predicted octanol–water partition coefficient (Wildman–Crippen LogP) is 0.980. The standard InChI is InChI=1S/C26H25FN6O4/c1-31-8-6-26(37,25(31)36)5-3-13-11-17-16(12-18(13)27)14-9-15(10-14)33-21(20(23(28)35)30-24(17)33)22(34)19-4-7-29-32(19)2/h4,7,11-12,14-15,22,34,37H,6,8-10H2,1-2H3,(H2,28,35)/t14?,15?,22-,26-/m1/s1. The summed E-state index contributed by atoms with van der Waals surface area (Å²) < 4.78 is 18.5. The third-order valence-electron chi connectivity index (χ3n) is 7.79. The number of aryl methyl sites for hydroxylation is 1. The summed E-state index contributed by atoms with van der Waals surface area (Å²) in [6, 6.07) is 4.54. The van der Waals surface area contributed by atoms with Crippen LogP contribution in [-0.4, -0.2) is 65.5 Å². The van der Waals surface area contributed by atoms with Crippen LogP contribution in [0.2, 0.25) is 0 Å². The highest BCUT2D eigenvalue weighted by Gasteiger charge is 2.44. The zero-order valence-corrected chi connectivity index (χ0v) is 20.3. The number of primary amides is 1. The molecule has 0 spiro atoms. The molecule has 4 N–H and O–H groups in total. The van der Waals surface area contributed by atoms with Crippen LogP contribution in [0.25, 0.3) is 11.4 Å². The zero-order valence-electron chi connectivity index (χ0n) is 20.3. The van der Waals surface area contributed by atoms with Gasteiger partial charge >= 0.3 is 0 Å². The van der Waals surface area contributed by atoms with Crippen LogP contribution in [-0.2, 0) is 11.8 Å². The number of rotatable bonds is 3. The van der Waals surface area contributed by atoms with E-state index in [-0.39, 0.29) is 35.3 Å². The molecule has 5 heterocycles. The summed E-state index contributed by atoms with van der Waals surface area (Å²) in [5.74, 6) is 3.81. The summed E-state index contributed by atoms with van der Waals surface area (Å²) in [6.07, 6.45) is 1.84. The summed E-state index contributed by atoms with van der Waals surface area (Å²) in [7, 11) is 3.26. The molecule has 0 radical (unpaired) electrons. The van der Waals surface area contributed by atoms with E-state index in [2.05, 4.69) is 21.9 Å². The van der Waals surface area contributed by atoms with E-state index < -0.39 is 29.3 Å². The Hall–Kier alpha value is -4.01. The SMILES string of the molecule is CN1CC[C@](O)(C#Cc2cc3c(cc2F)C2CC(C2)n2c-3nc(C(N)=O)c2[C@H](O)c2ccnn2C)C1=O. The average Bonchev–Trinajstić information content (AvgIpc) is 3.46. The molecule has 7 rings (SSSR count). The Labute approximate surface area is 211 Å². The van der Waals surface area contributed by atoms with Crippen molar-refractivity contribution in [2.24, 2.45) is 12.8 Å². The van der Waals surface area contributed by atoms with Crippen molar-refractivity contribution in [3.8, 4) is 23.2 Å². The molecule has 3 aliphatic heterocycles. The van der Waals surface area contributed by atoms with Gasteiger partial charge in [-0.2, -0.15) is 5.10 Å². The highest BCUT2D eigenvalue weighted by molar-refractivity contribution is 5.93. The van der Waals surface area contributed by atoms with E-state index in [1.54, 1.807) is 26.4 Å². The highest BCUT2D eigenvalue weighted by atomic mass is 19.1. The van der Waals surface area contributed by atoms with E-state index in [9.17, 15) is 19.8 Å². The number of benzene rings is 1. The smallest absolute Gasteiger partial charge is 0.269 e. The molecule has 10 nitrogen and oxygen atoms in total. The summed E-state index contributed by atoms with van der Waals surface area (Å²) in [5, 5.41) is 26.1. The number of nitrogens with two attached hydrogens (primary N) is 1. The fourth-order valence-electron chi connectivity index (χ4n) is 5.65. The molecule has 1 aliphatic carbocycles. The summed E-state index contributed by atoms with van der Waals surface area (Å²) in [5.41, 5.74) is 5.80. The van der Waals surface area contributed by atoms with Gasteiger partial charge in [-0.25, -0.2) is 9.37 Å². The number of halogens is 1. The van der Waals surface area contributed by atoms with Crippen LogP contribution in [0.4, 0.5) is 4.39 Å². The van der Waals surface area contributed by atoms with Gasteiger partial charge in [-0.3, -0.25) is 14.3 Å². The molecule has 11 heteroatoms. The number of aliphatic hydroxyl groups is 2. The number of likely N-dealkylation sites (N-methyl/N-ethyl adjacent to an activating group) is 1. The van der Waals surface area contributed by atoms with Gasteiger partial charge in [0.25, 0.3) is 11.8 Å². The second-order valence-electron chi connectivity index (χ2n) is 10.0. The van der Waals surface area contributed by atoms with Crippen molar-refractivity contribution >= 4 is 11.8 Å². The first-order valence-corrected chi connectivity index (χ1v) is 12.0. The van der Waals surface area contributed by atoms with E-state index in [1.807, 2.05) is 4.57 Å². The lowest BCUT2D eigenvalue weighted by molar-refractivity contribution is -0.137. The first-order valence-electron chi connectivity index (χ1n) is 12.0. The molecule has 190 valence electrons. The van der Waals surface area contributed by atoms with Crippen molar-refractivity contribution in [2.45, 2.75) is 42.9 Å². The van der Waals surface area contributed by atoms with Crippen LogP contribution in [0, 0.1) is 17.7 Å². The van der Waals surface area contributed by atoms with Crippen molar-refractivity contribution < 1.29 is 24.2 Å². The number of carbonyl (C=O) groups is 2. The molecular formula is C26H25FN6O4. The van der Waals surface area contributed by atoms with Crippen LogP contribution in [0.15, 0.2) is 24.4 Å². The molecule has 2 atom stereocenters. The molecule has 2 bridgehead atoms. The van der Waals surface area contributed by atoms with E-state index >= 15 is 4.39 Å². The van der Waals surface area contributed by atoms with Gasteiger partial charge in [-0.1, -0.05) is 11.8 Å². The quantitative estimate of drug-likeness (QED) is 0.455. The average molecular weight is 505 g/mol. The predicted molar refractivity (Wildman–Crippen MR) is 129 cm³/mol. The van der Waals surface area contributed by atoms with Crippen molar-refractivity contribution in [2.75, 3.05) is 13.6 Å². The van der Waals surface area contributed by atoms with Gasteiger partial charge in [0.2, 0.25) is 5.60 Å². The minimum absolute atomic E-state index is 0.00228. The minimum atomic E-state index is -1.87. The van der Waals surface area contributed by atoms with Gasteiger partial charge in [0, 0.05) is 44.9 Å². The number of amides is 2. The van der Waals surface area contributed by atoms with Crippen LogP contribution in [0.3, 0.4) is 0 Å². The maximum absolute atomic E-state index is 15.2. The first-order chi connectivity index (χ1) is 17.6. The molecule has 0 unspecified atom stereocenters. The number of nitrogens with zero attached hydrogens (tertiary/aromatic N) is 5. The van der Waals surface area contributed by atoms with Crippen LogP contribution < -0.4 is 5.73 Å². The van der Waals surface area contributed by atoms with Crippen molar-refractivity contribution in [3.63, 3.8) is 0 Å². The number of aromatic nitrogens is 4. The Morgan fingerprint density at radius 3 is 2.70 bits per heavy atom. The molecule has 3 aromatic rings. The fraction of sp³-hybridized carbons (Fsp3) is 0.385. The lowest BCUT2D eigenvalue weighted by Crippen LogP contribution is -2.37. The molecule has 4 aliphatic rings. The number of hydrogen-bond donors (Lipinski definition) is 3. The molecule has 2 amide bonds. The molecule has 1 aromatic carbocycles. The molecule has 1 saturated heterocycles. The van der Waals surface area contributed by atoms with Gasteiger partial charge < -0.3 is 25.4 Å². The van der Waals surface area contributed by atoms with Crippen LogP contribution >= 0.6 is 0 Å². The van der Waals surface area contributed by atoms with Crippen molar-refractivity contribution in [1.82, 2.24) is 24.2 Å². The van der Waals surface area contributed by atoms with Gasteiger partial charge in [0.15, 0.2) is 5.69 Å². The number of aliphatic hydroxyl groups excluding tert-OH is 1. The van der Waals surface area contributed by atoms with Gasteiger partial charge in [0.1, 0.15) is 17.7 Å². The fourth-order valence-corrected chi connectivity index (χ4v) is 5.65. The van der Waals surface area contributed by atoms with Crippen LogP contribution in [0.5, 0.6) is 0 Å². The Kier molecular flexibility index (Phi) is 5.05. The second-order valence-corrected chi connectivity index (χ2v) is 10.0. The van der Waals surface area contributed by atoms with Crippen molar-refractivity contribution in [1.29, 1.82) is 0 Å². The maximum Gasteiger partial charge on any atom is 0.269 e. The second kappa shape index (κ2) is 7.99. The van der Waals surface area contributed by atoms with E-state index in [0.29, 0.717) is 36.5 Å². The third-order valence-corrected chi connectivity index (χ3v) is 7.79. The number of imidazole rings is 1. The van der Waals surface area contributed by atoms with Gasteiger partial charge in [0.05, 0.1) is 17.0 Å². The van der Waals surface area contributed by atoms with E-state index in [4.69, 9.17) is 5.73 Å². The lowest BCUT2D eigenvalue weighted by atomic mass is 9.75. The number of hydrogen-bond acceptors (Lipinski definition) is 6. The first kappa shape index (κ1) is 23.4. The van der Waals surface area contributed by atoms with Crippen LogP contribution in [0.1, 0.15) is 70.3 Å². The largest absolute Gasteiger partial charge is 0.380 e. The third kappa shape index (κ3) is 3.40. The van der Waals surface area contributed by atoms with Crippen molar-refractivity contribution in [3.05, 3.63) is 58.4 Å².